The normalized spacial score (nSPS) is 15.1. The summed E-state index contributed by atoms with van der Waals surface area (Å²) in [6.45, 7) is 1.95. The van der Waals surface area contributed by atoms with Gasteiger partial charge in [-0.3, -0.25) is 19.8 Å². The largest absolute Gasteiger partial charge is 0.327 e. The third kappa shape index (κ3) is 3.53. The fourth-order valence-electron chi connectivity index (χ4n) is 3.17. The minimum absolute atomic E-state index is 0.0209. The van der Waals surface area contributed by atoms with E-state index in [0.29, 0.717) is 16.5 Å². The number of carbonyl (C=O) groups excluding carboxylic acids is 1. The van der Waals surface area contributed by atoms with E-state index in [-0.39, 0.29) is 11.6 Å². The number of nitrogens with one attached hydrogen (secondary N) is 1. The second kappa shape index (κ2) is 7.33. The van der Waals surface area contributed by atoms with Crippen LogP contribution in [0.15, 0.2) is 72.6 Å². The molecule has 1 amide bonds. The Hall–Kier alpha value is -3.78. The van der Waals surface area contributed by atoms with Gasteiger partial charge in [0.05, 0.1) is 10.6 Å². The molecule has 1 aromatic heterocycles. The van der Waals surface area contributed by atoms with Gasteiger partial charge < -0.3 is 9.88 Å². The number of hydrogen-bond donors (Lipinski definition) is 1. The summed E-state index contributed by atoms with van der Waals surface area (Å²) in [7, 11) is 0. The predicted octanol–water partition coefficient (Wildman–Crippen LogP) is 3.96. The van der Waals surface area contributed by atoms with Crippen LogP contribution in [0, 0.1) is 17.0 Å². The van der Waals surface area contributed by atoms with Crippen molar-refractivity contribution in [1.29, 1.82) is 0 Å². The first-order valence-corrected chi connectivity index (χ1v) is 9.21. The smallest absolute Gasteiger partial charge is 0.281 e. The SMILES string of the molecule is Cc1cccc(N2C(=O)/C(=C\c3cccn3-c3ccc([N+](=O)[O-])cc3)NC2=S)c1. The van der Waals surface area contributed by atoms with Crippen molar-refractivity contribution in [3.8, 4) is 5.69 Å². The van der Waals surface area contributed by atoms with Crippen LogP contribution in [0.1, 0.15) is 11.3 Å². The fraction of sp³-hybridized carbons (Fsp3) is 0.0476. The summed E-state index contributed by atoms with van der Waals surface area (Å²) >= 11 is 5.36. The highest BCUT2D eigenvalue weighted by atomic mass is 32.1. The van der Waals surface area contributed by atoms with E-state index >= 15 is 0 Å². The van der Waals surface area contributed by atoms with Gasteiger partial charge in [-0.25, -0.2) is 0 Å². The number of carbonyl (C=O) groups is 1. The molecule has 0 spiro atoms. The van der Waals surface area contributed by atoms with Gasteiger partial charge in [-0.1, -0.05) is 12.1 Å². The van der Waals surface area contributed by atoms with E-state index in [1.165, 1.54) is 17.0 Å². The van der Waals surface area contributed by atoms with Crippen LogP contribution in [0.5, 0.6) is 0 Å². The van der Waals surface area contributed by atoms with Crippen LogP contribution in [0.4, 0.5) is 11.4 Å². The number of hydrogen-bond acceptors (Lipinski definition) is 4. The maximum atomic E-state index is 12.9. The molecule has 0 bridgehead atoms. The molecule has 0 radical (unpaired) electrons. The van der Waals surface area contributed by atoms with Gasteiger partial charge in [0.2, 0.25) is 0 Å². The Balaban J connectivity index is 1.66. The number of nitrogens with zero attached hydrogens (tertiary/aromatic N) is 3. The molecule has 0 aliphatic carbocycles. The zero-order valence-electron chi connectivity index (χ0n) is 15.4. The Morgan fingerprint density at radius 3 is 2.52 bits per heavy atom. The van der Waals surface area contributed by atoms with Crippen molar-refractivity contribution in [1.82, 2.24) is 9.88 Å². The summed E-state index contributed by atoms with van der Waals surface area (Å²) in [5.74, 6) is -0.239. The maximum absolute atomic E-state index is 12.9. The van der Waals surface area contributed by atoms with Crippen molar-refractivity contribution >= 4 is 40.7 Å². The van der Waals surface area contributed by atoms with E-state index in [1.807, 2.05) is 54.1 Å². The number of nitro groups is 1. The molecule has 3 aromatic rings. The molecule has 1 aliphatic heterocycles. The first kappa shape index (κ1) is 18.6. The number of anilines is 1. The van der Waals surface area contributed by atoms with Crippen LogP contribution in [-0.4, -0.2) is 20.5 Å². The number of non-ortho nitro benzene ring substituents is 1. The Morgan fingerprint density at radius 2 is 1.83 bits per heavy atom. The summed E-state index contributed by atoms with van der Waals surface area (Å²) in [5.41, 5.74) is 3.61. The number of aryl methyl sites for hydroxylation is 1. The van der Waals surface area contributed by atoms with E-state index < -0.39 is 4.92 Å². The molecule has 7 nitrogen and oxygen atoms in total. The van der Waals surface area contributed by atoms with Gasteiger partial charge >= 0.3 is 0 Å². The Labute approximate surface area is 172 Å². The van der Waals surface area contributed by atoms with Gasteiger partial charge in [0.1, 0.15) is 5.70 Å². The summed E-state index contributed by atoms with van der Waals surface area (Å²) in [6, 6.07) is 17.5. The number of thiocarbonyl (C=S) groups is 1. The van der Waals surface area contributed by atoms with Crippen molar-refractivity contribution in [3.63, 3.8) is 0 Å². The molecule has 0 atom stereocenters. The lowest BCUT2D eigenvalue weighted by Crippen LogP contribution is -2.30. The lowest BCUT2D eigenvalue weighted by Gasteiger charge is -2.14. The average molecular weight is 404 g/mol. The Kier molecular flexibility index (Phi) is 4.69. The number of rotatable bonds is 4. The van der Waals surface area contributed by atoms with Gasteiger partial charge in [-0.2, -0.15) is 0 Å². The van der Waals surface area contributed by atoms with Crippen molar-refractivity contribution < 1.29 is 9.72 Å². The third-order valence-electron chi connectivity index (χ3n) is 4.55. The van der Waals surface area contributed by atoms with E-state index in [4.69, 9.17) is 12.2 Å². The number of aromatic nitrogens is 1. The molecule has 0 unspecified atom stereocenters. The van der Waals surface area contributed by atoms with Crippen molar-refractivity contribution in [2.75, 3.05) is 4.90 Å². The maximum Gasteiger partial charge on any atom is 0.281 e. The monoisotopic (exact) mass is 404 g/mol. The molecule has 2 aromatic carbocycles. The van der Waals surface area contributed by atoms with Crippen LogP contribution in [0.25, 0.3) is 11.8 Å². The van der Waals surface area contributed by atoms with E-state index in [0.717, 1.165) is 16.9 Å². The fourth-order valence-corrected chi connectivity index (χ4v) is 3.46. The molecule has 29 heavy (non-hydrogen) atoms. The van der Waals surface area contributed by atoms with Crippen LogP contribution < -0.4 is 10.2 Å². The molecule has 1 fully saturated rings. The Morgan fingerprint density at radius 1 is 1.07 bits per heavy atom. The second-order valence-electron chi connectivity index (χ2n) is 6.54. The first-order chi connectivity index (χ1) is 13.9. The summed E-state index contributed by atoms with van der Waals surface area (Å²) < 4.78 is 1.84. The average Bonchev–Trinajstić information content (AvgIpc) is 3.26. The zero-order chi connectivity index (χ0) is 20.5. The van der Waals surface area contributed by atoms with E-state index in [2.05, 4.69) is 5.32 Å². The molecule has 144 valence electrons. The highest BCUT2D eigenvalue weighted by molar-refractivity contribution is 7.80. The summed E-state index contributed by atoms with van der Waals surface area (Å²) in [5, 5.41) is 14.2. The van der Waals surface area contributed by atoms with Crippen LogP contribution >= 0.6 is 12.2 Å². The van der Waals surface area contributed by atoms with Crippen LogP contribution in [0.2, 0.25) is 0 Å². The summed E-state index contributed by atoms with van der Waals surface area (Å²) in [4.78, 5) is 24.8. The van der Waals surface area contributed by atoms with Crippen molar-refractivity contribution in [3.05, 3.63) is 93.9 Å². The predicted molar refractivity (Wildman–Crippen MR) is 115 cm³/mol. The molecule has 8 heteroatoms. The highest BCUT2D eigenvalue weighted by Crippen LogP contribution is 2.24. The van der Waals surface area contributed by atoms with Crippen molar-refractivity contribution in [2.45, 2.75) is 6.92 Å². The molecular formula is C21H16N4O3S. The van der Waals surface area contributed by atoms with E-state index in [9.17, 15) is 14.9 Å². The van der Waals surface area contributed by atoms with Crippen LogP contribution in [-0.2, 0) is 4.79 Å². The lowest BCUT2D eigenvalue weighted by molar-refractivity contribution is -0.384. The van der Waals surface area contributed by atoms with Gasteiger partial charge in [0.15, 0.2) is 5.11 Å². The first-order valence-electron chi connectivity index (χ1n) is 8.80. The van der Waals surface area contributed by atoms with E-state index in [1.54, 1.807) is 18.2 Å². The lowest BCUT2D eigenvalue weighted by atomic mass is 10.2. The third-order valence-corrected chi connectivity index (χ3v) is 4.83. The van der Waals surface area contributed by atoms with Crippen LogP contribution in [0.3, 0.4) is 0 Å². The molecule has 1 aliphatic rings. The highest BCUT2D eigenvalue weighted by Gasteiger charge is 2.32. The minimum Gasteiger partial charge on any atom is -0.327 e. The minimum atomic E-state index is -0.440. The molecule has 0 saturated carbocycles. The Bertz CT molecular complexity index is 1160. The number of nitro benzene ring substituents is 1. The molecule has 4 rings (SSSR count). The number of benzene rings is 2. The summed E-state index contributed by atoms with van der Waals surface area (Å²) in [6.07, 6.45) is 3.54. The molecular weight excluding hydrogens is 388 g/mol. The standard InChI is InChI=1S/C21H16N4O3S/c1-14-4-2-5-18(12-14)24-20(26)19(22-21(24)29)13-17-6-3-11-23(17)15-7-9-16(10-8-15)25(27)28/h2-13H,1H3,(H,22,29)/b19-13+. The van der Waals surface area contributed by atoms with Crippen molar-refractivity contribution in [2.24, 2.45) is 0 Å². The van der Waals surface area contributed by atoms with Gasteiger partial charge in [0, 0.05) is 29.7 Å². The van der Waals surface area contributed by atoms with Gasteiger partial charge in [-0.15, -0.1) is 0 Å². The topological polar surface area (TPSA) is 80.4 Å². The van der Waals surface area contributed by atoms with Gasteiger partial charge in [0.25, 0.3) is 11.6 Å². The molecule has 1 N–H and O–H groups in total. The second-order valence-corrected chi connectivity index (χ2v) is 6.93. The van der Waals surface area contributed by atoms with Gasteiger partial charge in [-0.05, 0) is 67.2 Å². The zero-order valence-corrected chi connectivity index (χ0v) is 16.2. The molecule has 2 heterocycles. The number of amides is 1. The molecule has 1 saturated heterocycles. The quantitative estimate of drug-likeness (QED) is 0.308.